The molecule has 0 radical (unpaired) electrons. The van der Waals surface area contributed by atoms with E-state index in [0.29, 0.717) is 6.54 Å². The molecule has 20 heavy (non-hydrogen) atoms. The van der Waals surface area contributed by atoms with Crippen molar-refractivity contribution in [2.45, 2.75) is 11.6 Å². The van der Waals surface area contributed by atoms with Gasteiger partial charge in [0.25, 0.3) is 0 Å². The van der Waals surface area contributed by atoms with Crippen molar-refractivity contribution in [2.24, 2.45) is 0 Å². The van der Waals surface area contributed by atoms with E-state index in [1.807, 2.05) is 24.3 Å². The third-order valence-corrected chi connectivity index (χ3v) is 3.75. The lowest BCUT2D eigenvalue weighted by Crippen LogP contribution is -2.03. The second kappa shape index (κ2) is 5.92. The molecule has 0 spiro atoms. The van der Waals surface area contributed by atoms with Crippen molar-refractivity contribution in [1.29, 1.82) is 0 Å². The Kier molecular flexibility index (Phi) is 4.24. The summed E-state index contributed by atoms with van der Waals surface area (Å²) in [6, 6.07) is 10.9. The maximum absolute atomic E-state index is 11.3. The van der Waals surface area contributed by atoms with Gasteiger partial charge in [0.1, 0.15) is 5.75 Å². The summed E-state index contributed by atoms with van der Waals surface area (Å²) >= 11 is 0. The van der Waals surface area contributed by atoms with Crippen LogP contribution < -0.4 is 10.1 Å². The van der Waals surface area contributed by atoms with Crippen molar-refractivity contribution in [3.05, 3.63) is 48.2 Å². The van der Waals surface area contributed by atoms with Crippen LogP contribution in [0, 0.1) is 0 Å². The number of aromatic nitrogens is 1. The third-order valence-electron chi connectivity index (χ3n) is 2.75. The van der Waals surface area contributed by atoms with E-state index >= 15 is 0 Å². The zero-order chi connectivity index (χ0) is 14.6. The van der Waals surface area contributed by atoms with E-state index < -0.39 is 9.84 Å². The van der Waals surface area contributed by atoms with E-state index in [1.54, 1.807) is 13.2 Å². The van der Waals surface area contributed by atoms with Crippen LogP contribution in [0.1, 0.15) is 5.56 Å². The fraction of sp³-hybridized carbons (Fsp3) is 0.214. The summed E-state index contributed by atoms with van der Waals surface area (Å²) in [6.07, 6.45) is 2.65. The molecule has 2 rings (SSSR count). The first-order valence-corrected chi connectivity index (χ1v) is 7.91. The molecule has 0 saturated heterocycles. The summed E-state index contributed by atoms with van der Waals surface area (Å²) in [7, 11) is -1.63. The van der Waals surface area contributed by atoms with Crippen molar-refractivity contribution in [1.82, 2.24) is 4.98 Å². The van der Waals surface area contributed by atoms with Crippen molar-refractivity contribution >= 4 is 15.5 Å². The molecule has 1 aromatic heterocycles. The molecule has 0 fully saturated rings. The number of ether oxygens (including phenoxy) is 1. The number of nitrogens with zero attached hydrogens (tertiary/aromatic N) is 1. The molecule has 1 N–H and O–H groups in total. The van der Waals surface area contributed by atoms with Crippen LogP contribution in [-0.2, 0) is 16.4 Å². The smallest absolute Gasteiger partial charge is 0.192 e. The largest absolute Gasteiger partial charge is 0.497 e. The van der Waals surface area contributed by atoms with E-state index in [1.165, 1.54) is 12.3 Å². The highest BCUT2D eigenvalue weighted by Gasteiger charge is 2.07. The molecule has 0 aliphatic carbocycles. The first kappa shape index (κ1) is 14.3. The number of anilines is 1. The van der Waals surface area contributed by atoms with Gasteiger partial charge in [0.2, 0.25) is 0 Å². The Hall–Kier alpha value is -2.08. The summed E-state index contributed by atoms with van der Waals surface area (Å²) in [5.41, 5.74) is 1.83. The lowest BCUT2D eigenvalue weighted by atomic mass is 10.2. The molecule has 106 valence electrons. The Labute approximate surface area is 118 Å². The number of hydrogen-bond acceptors (Lipinski definition) is 5. The molecule has 0 atom stereocenters. The van der Waals surface area contributed by atoms with Gasteiger partial charge < -0.3 is 10.1 Å². The summed E-state index contributed by atoms with van der Waals surface area (Å²) < 4.78 is 27.7. The van der Waals surface area contributed by atoms with Gasteiger partial charge in [-0.2, -0.15) is 0 Å². The Balaban J connectivity index is 2.04. The molecule has 0 saturated carbocycles. The van der Waals surface area contributed by atoms with Crippen molar-refractivity contribution in [3.63, 3.8) is 0 Å². The molecule has 5 nitrogen and oxygen atoms in total. The lowest BCUT2D eigenvalue weighted by Gasteiger charge is -2.08. The maximum Gasteiger partial charge on any atom is 0.192 e. The summed E-state index contributed by atoms with van der Waals surface area (Å²) in [4.78, 5) is 3.92. The summed E-state index contributed by atoms with van der Waals surface area (Å²) in [5.74, 6) is 0.801. The van der Waals surface area contributed by atoms with Gasteiger partial charge in [0.05, 0.1) is 19.0 Å². The first-order valence-electron chi connectivity index (χ1n) is 6.02. The zero-order valence-corrected chi connectivity index (χ0v) is 12.1. The zero-order valence-electron chi connectivity index (χ0n) is 11.3. The Morgan fingerprint density at radius 2 is 2.05 bits per heavy atom. The average molecular weight is 292 g/mol. The molecular formula is C14H16N2O3S. The number of rotatable bonds is 5. The van der Waals surface area contributed by atoms with E-state index in [4.69, 9.17) is 4.74 Å². The Morgan fingerprint density at radius 1 is 1.25 bits per heavy atom. The predicted molar refractivity (Wildman–Crippen MR) is 77.7 cm³/mol. The van der Waals surface area contributed by atoms with E-state index in [2.05, 4.69) is 10.3 Å². The van der Waals surface area contributed by atoms with Gasteiger partial charge in [-0.25, -0.2) is 13.4 Å². The fourth-order valence-electron chi connectivity index (χ4n) is 1.69. The third kappa shape index (κ3) is 3.71. The highest BCUT2D eigenvalue weighted by molar-refractivity contribution is 7.90. The topological polar surface area (TPSA) is 68.3 Å². The standard InChI is InChI=1S/C14H16N2O3S/c1-19-13-5-3-4-11(8-13)9-15-12-6-7-14(16-10-12)20(2,17)18/h3-8,10,15H,9H2,1-2H3. The number of hydrogen-bond donors (Lipinski definition) is 1. The molecule has 0 unspecified atom stereocenters. The predicted octanol–water partition coefficient (Wildman–Crippen LogP) is 2.11. The molecule has 0 aliphatic heterocycles. The highest BCUT2D eigenvalue weighted by atomic mass is 32.2. The van der Waals surface area contributed by atoms with Crippen LogP contribution in [0.15, 0.2) is 47.6 Å². The highest BCUT2D eigenvalue weighted by Crippen LogP contribution is 2.15. The van der Waals surface area contributed by atoms with Crippen molar-refractivity contribution < 1.29 is 13.2 Å². The van der Waals surface area contributed by atoms with Crippen LogP contribution in [0.5, 0.6) is 5.75 Å². The number of sulfone groups is 1. The first-order chi connectivity index (χ1) is 9.49. The van der Waals surface area contributed by atoms with Crippen LogP contribution >= 0.6 is 0 Å². The monoisotopic (exact) mass is 292 g/mol. The molecule has 6 heteroatoms. The molecule has 0 aliphatic rings. The molecule has 0 bridgehead atoms. The van der Waals surface area contributed by atoms with Crippen LogP contribution in [0.3, 0.4) is 0 Å². The number of methoxy groups -OCH3 is 1. The van der Waals surface area contributed by atoms with E-state index in [-0.39, 0.29) is 5.03 Å². The Bertz CT molecular complexity index is 682. The van der Waals surface area contributed by atoms with Gasteiger partial charge >= 0.3 is 0 Å². The van der Waals surface area contributed by atoms with E-state index in [9.17, 15) is 8.42 Å². The minimum atomic E-state index is -3.25. The van der Waals surface area contributed by atoms with Gasteiger partial charge in [-0.15, -0.1) is 0 Å². The minimum absolute atomic E-state index is 0.0735. The normalized spacial score (nSPS) is 11.1. The number of pyridine rings is 1. The lowest BCUT2D eigenvalue weighted by molar-refractivity contribution is 0.414. The summed E-state index contributed by atoms with van der Waals surface area (Å²) in [5, 5.41) is 3.25. The molecule has 2 aromatic rings. The van der Waals surface area contributed by atoms with Crippen molar-refractivity contribution in [2.75, 3.05) is 18.7 Å². The van der Waals surface area contributed by atoms with Gasteiger partial charge in [0.15, 0.2) is 14.9 Å². The minimum Gasteiger partial charge on any atom is -0.497 e. The van der Waals surface area contributed by atoms with Crippen LogP contribution in [-0.4, -0.2) is 26.8 Å². The second-order valence-electron chi connectivity index (χ2n) is 4.36. The SMILES string of the molecule is COc1cccc(CNc2ccc(S(C)(=O)=O)nc2)c1. The fourth-order valence-corrected chi connectivity index (χ4v) is 2.25. The number of nitrogens with one attached hydrogen (secondary N) is 1. The summed E-state index contributed by atoms with van der Waals surface area (Å²) in [6.45, 7) is 0.608. The molecule has 1 aromatic carbocycles. The van der Waals surface area contributed by atoms with Crippen molar-refractivity contribution in [3.8, 4) is 5.75 Å². The number of benzene rings is 1. The molecular weight excluding hydrogens is 276 g/mol. The molecule has 0 amide bonds. The quantitative estimate of drug-likeness (QED) is 0.914. The maximum atomic E-state index is 11.3. The Morgan fingerprint density at radius 3 is 2.65 bits per heavy atom. The second-order valence-corrected chi connectivity index (χ2v) is 6.32. The average Bonchev–Trinajstić information content (AvgIpc) is 2.45. The van der Waals surface area contributed by atoms with Gasteiger partial charge in [-0.3, -0.25) is 0 Å². The van der Waals surface area contributed by atoms with Gasteiger partial charge in [0, 0.05) is 12.8 Å². The van der Waals surface area contributed by atoms with Gasteiger partial charge in [-0.1, -0.05) is 12.1 Å². The van der Waals surface area contributed by atoms with Gasteiger partial charge in [-0.05, 0) is 29.8 Å². The molecule has 1 heterocycles. The van der Waals surface area contributed by atoms with Crippen LogP contribution in [0.25, 0.3) is 0 Å². The van der Waals surface area contributed by atoms with Crippen LogP contribution in [0.4, 0.5) is 5.69 Å². The van der Waals surface area contributed by atoms with Crippen LogP contribution in [0.2, 0.25) is 0 Å². The van der Waals surface area contributed by atoms with E-state index in [0.717, 1.165) is 23.3 Å².